The van der Waals surface area contributed by atoms with Crippen molar-refractivity contribution in [3.05, 3.63) is 47.5 Å². The van der Waals surface area contributed by atoms with Gasteiger partial charge in [0.05, 0.1) is 24.6 Å². The van der Waals surface area contributed by atoms with E-state index in [1.165, 1.54) is 4.90 Å². The highest BCUT2D eigenvalue weighted by molar-refractivity contribution is 7.99. The summed E-state index contributed by atoms with van der Waals surface area (Å²) in [5.41, 5.74) is 1.47. The van der Waals surface area contributed by atoms with Gasteiger partial charge >= 0.3 is 6.03 Å². The standard InChI is InChI=1S/C17H17ClN2O3S/c18-12-5-6-16-14(11-12)20(13-3-1-2-4-15(13)24-16)17(23)19(7-9-21)8-10-22/h1-6,11,21-22H,7-10H2. The summed E-state index contributed by atoms with van der Waals surface area (Å²) < 4.78 is 0. The molecule has 0 radical (unpaired) electrons. The minimum atomic E-state index is -0.297. The number of hydrogen-bond donors (Lipinski definition) is 2. The van der Waals surface area contributed by atoms with Crippen molar-refractivity contribution >= 4 is 40.8 Å². The van der Waals surface area contributed by atoms with E-state index in [1.54, 1.807) is 28.8 Å². The lowest BCUT2D eigenvalue weighted by Gasteiger charge is -2.35. The van der Waals surface area contributed by atoms with Crippen molar-refractivity contribution in [3.63, 3.8) is 0 Å². The molecule has 0 saturated heterocycles. The fourth-order valence-electron chi connectivity index (χ4n) is 2.62. The summed E-state index contributed by atoms with van der Waals surface area (Å²) in [5, 5.41) is 19.0. The van der Waals surface area contributed by atoms with Crippen LogP contribution in [0.4, 0.5) is 16.2 Å². The molecule has 0 atom stereocenters. The van der Waals surface area contributed by atoms with Gasteiger partial charge in [0, 0.05) is 27.9 Å². The molecule has 1 heterocycles. The zero-order valence-corrected chi connectivity index (χ0v) is 14.4. The number of carbonyl (C=O) groups is 1. The molecule has 24 heavy (non-hydrogen) atoms. The molecule has 2 aromatic rings. The fraction of sp³-hybridized carbons (Fsp3) is 0.235. The molecule has 0 bridgehead atoms. The number of urea groups is 1. The number of benzene rings is 2. The van der Waals surface area contributed by atoms with Gasteiger partial charge in [0.1, 0.15) is 0 Å². The number of halogens is 1. The second kappa shape index (κ2) is 7.44. The summed E-state index contributed by atoms with van der Waals surface area (Å²) in [5.74, 6) is 0. The van der Waals surface area contributed by atoms with Gasteiger partial charge < -0.3 is 15.1 Å². The Hall–Kier alpha value is -1.73. The number of nitrogens with zero attached hydrogens (tertiary/aromatic N) is 2. The van der Waals surface area contributed by atoms with Gasteiger partial charge in [-0.05, 0) is 30.3 Å². The van der Waals surface area contributed by atoms with Crippen LogP contribution in [0.15, 0.2) is 52.3 Å². The van der Waals surface area contributed by atoms with Gasteiger partial charge in [0.15, 0.2) is 0 Å². The number of aliphatic hydroxyl groups excluding tert-OH is 2. The number of anilines is 2. The largest absolute Gasteiger partial charge is 0.395 e. The average molecular weight is 365 g/mol. The lowest BCUT2D eigenvalue weighted by molar-refractivity contribution is 0.164. The number of aliphatic hydroxyl groups is 2. The van der Waals surface area contributed by atoms with Crippen molar-refractivity contribution in [2.24, 2.45) is 0 Å². The highest BCUT2D eigenvalue weighted by atomic mass is 35.5. The lowest BCUT2D eigenvalue weighted by Crippen LogP contribution is -2.44. The molecule has 1 aliphatic heterocycles. The van der Waals surface area contributed by atoms with Crippen LogP contribution in [0.5, 0.6) is 0 Å². The molecule has 2 amide bonds. The molecule has 7 heteroatoms. The number of amides is 2. The monoisotopic (exact) mass is 364 g/mol. The maximum atomic E-state index is 13.1. The predicted octanol–water partition coefficient (Wildman–Crippen LogP) is 3.35. The summed E-state index contributed by atoms with van der Waals surface area (Å²) in [6.07, 6.45) is 0. The first-order valence-electron chi connectivity index (χ1n) is 7.53. The third-order valence-corrected chi connectivity index (χ3v) is 5.05. The molecule has 2 N–H and O–H groups in total. The van der Waals surface area contributed by atoms with Crippen LogP contribution >= 0.6 is 23.4 Å². The van der Waals surface area contributed by atoms with Crippen LogP contribution in [0.3, 0.4) is 0 Å². The molecular formula is C17H17ClN2O3S. The molecule has 0 saturated carbocycles. The van der Waals surface area contributed by atoms with E-state index in [9.17, 15) is 15.0 Å². The van der Waals surface area contributed by atoms with Crippen LogP contribution in [0.1, 0.15) is 0 Å². The zero-order chi connectivity index (χ0) is 17.1. The topological polar surface area (TPSA) is 64.0 Å². The van der Waals surface area contributed by atoms with Crippen LogP contribution in [0.25, 0.3) is 0 Å². The molecular weight excluding hydrogens is 348 g/mol. The Bertz CT molecular complexity index is 750. The van der Waals surface area contributed by atoms with Gasteiger partial charge in [-0.1, -0.05) is 35.5 Å². The van der Waals surface area contributed by atoms with Crippen molar-refractivity contribution in [2.45, 2.75) is 9.79 Å². The molecule has 2 aromatic carbocycles. The van der Waals surface area contributed by atoms with Crippen LogP contribution < -0.4 is 4.90 Å². The first kappa shape index (κ1) is 17.1. The molecule has 5 nitrogen and oxygen atoms in total. The van der Waals surface area contributed by atoms with Gasteiger partial charge in [0.2, 0.25) is 0 Å². The summed E-state index contributed by atoms with van der Waals surface area (Å²) in [6, 6.07) is 12.8. The minimum Gasteiger partial charge on any atom is -0.395 e. The van der Waals surface area contributed by atoms with E-state index in [0.29, 0.717) is 10.7 Å². The number of rotatable bonds is 4. The summed E-state index contributed by atoms with van der Waals surface area (Å²) in [7, 11) is 0. The van der Waals surface area contributed by atoms with Gasteiger partial charge in [0.25, 0.3) is 0 Å². The number of hydrogen-bond acceptors (Lipinski definition) is 4. The Morgan fingerprint density at radius 3 is 2.42 bits per heavy atom. The first-order valence-corrected chi connectivity index (χ1v) is 8.72. The van der Waals surface area contributed by atoms with Crippen molar-refractivity contribution in [1.29, 1.82) is 0 Å². The Morgan fingerprint density at radius 1 is 1.04 bits per heavy atom. The van der Waals surface area contributed by atoms with Crippen molar-refractivity contribution in [3.8, 4) is 0 Å². The number of para-hydroxylation sites is 1. The van der Waals surface area contributed by atoms with Crippen LogP contribution in [0, 0.1) is 0 Å². The molecule has 0 aromatic heterocycles. The zero-order valence-electron chi connectivity index (χ0n) is 12.9. The van der Waals surface area contributed by atoms with E-state index < -0.39 is 0 Å². The molecule has 0 unspecified atom stereocenters. The normalized spacial score (nSPS) is 12.5. The summed E-state index contributed by atoms with van der Waals surface area (Å²) in [6.45, 7) is -0.0288. The Balaban J connectivity index is 2.08. The average Bonchev–Trinajstić information content (AvgIpc) is 2.59. The smallest absolute Gasteiger partial charge is 0.329 e. The second-order valence-corrected chi connectivity index (χ2v) is 6.75. The third-order valence-electron chi connectivity index (χ3n) is 3.69. The van der Waals surface area contributed by atoms with Gasteiger partial charge in [-0.25, -0.2) is 4.79 Å². The van der Waals surface area contributed by atoms with Crippen LogP contribution in [0.2, 0.25) is 5.02 Å². The highest BCUT2D eigenvalue weighted by Gasteiger charge is 2.31. The quantitative estimate of drug-likeness (QED) is 0.873. The van der Waals surface area contributed by atoms with Crippen LogP contribution in [-0.4, -0.2) is 47.4 Å². The van der Waals surface area contributed by atoms with E-state index in [-0.39, 0.29) is 32.3 Å². The Morgan fingerprint density at radius 2 is 1.71 bits per heavy atom. The molecule has 0 aliphatic carbocycles. The minimum absolute atomic E-state index is 0.154. The van der Waals surface area contributed by atoms with Crippen LogP contribution in [-0.2, 0) is 0 Å². The molecule has 1 aliphatic rings. The number of carbonyl (C=O) groups excluding carboxylic acids is 1. The molecule has 3 rings (SSSR count). The summed E-state index contributed by atoms with van der Waals surface area (Å²) >= 11 is 7.72. The molecule has 0 fully saturated rings. The summed E-state index contributed by atoms with van der Waals surface area (Å²) in [4.78, 5) is 18.0. The van der Waals surface area contributed by atoms with Gasteiger partial charge in [-0.2, -0.15) is 0 Å². The van der Waals surface area contributed by atoms with Gasteiger partial charge in [-0.3, -0.25) is 4.90 Å². The Labute approximate surface area is 149 Å². The lowest BCUT2D eigenvalue weighted by atomic mass is 10.2. The highest BCUT2D eigenvalue weighted by Crippen LogP contribution is 2.49. The fourth-order valence-corrected chi connectivity index (χ4v) is 3.82. The van der Waals surface area contributed by atoms with Crippen molar-refractivity contribution < 1.29 is 15.0 Å². The van der Waals surface area contributed by atoms with E-state index in [2.05, 4.69) is 0 Å². The predicted molar refractivity (Wildman–Crippen MR) is 95.3 cm³/mol. The Kier molecular flexibility index (Phi) is 5.30. The maximum Gasteiger partial charge on any atom is 0.329 e. The number of fused-ring (bicyclic) bond motifs is 2. The molecule has 126 valence electrons. The second-order valence-electron chi connectivity index (χ2n) is 5.23. The maximum absolute atomic E-state index is 13.1. The first-order chi connectivity index (χ1) is 11.7. The van der Waals surface area contributed by atoms with Crippen molar-refractivity contribution in [2.75, 3.05) is 31.2 Å². The van der Waals surface area contributed by atoms with E-state index >= 15 is 0 Å². The van der Waals surface area contributed by atoms with E-state index in [4.69, 9.17) is 11.6 Å². The van der Waals surface area contributed by atoms with E-state index in [0.717, 1.165) is 15.5 Å². The van der Waals surface area contributed by atoms with Crippen molar-refractivity contribution in [1.82, 2.24) is 4.90 Å². The molecule has 0 spiro atoms. The van der Waals surface area contributed by atoms with Gasteiger partial charge in [-0.15, -0.1) is 0 Å². The van der Waals surface area contributed by atoms with E-state index in [1.807, 2.05) is 30.3 Å². The SMILES string of the molecule is O=C(N(CCO)CCO)N1c2ccccc2Sc2ccc(Cl)cc21. The third kappa shape index (κ3) is 3.23.